The number of aryl methyl sites for hydroxylation is 1. The largest absolute Gasteiger partial charge is 0.481 e. The highest BCUT2D eigenvalue weighted by molar-refractivity contribution is 5.83. The summed E-state index contributed by atoms with van der Waals surface area (Å²) in [6, 6.07) is 7.81. The van der Waals surface area contributed by atoms with Crippen LogP contribution in [-0.2, 0) is 16.0 Å². The molecule has 2 saturated carbocycles. The normalized spacial score (nSPS) is 27.0. The molecule has 4 heteroatoms. The van der Waals surface area contributed by atoms with Gasteiger partial charge in [0.05, 0.1) is 5.92 Å². The van der Waals surface area contributed by atoms with E-state index in [2.05, 4.69) is 5.32 Å². The van der Waals surface area contributed by atoms with Gasteiger partial charge in [-0.3, -0.25) is 9.59 Å². The van der Waals surface area contributed by atoms with Gasteiger partial charge in [0, 0.05) is 12.5 Å². The lowest BCUT2D eigenvalue weighted by Crippen LogP contribution is -2.35. The lowest BCUT2D eigenvalue weighted by Gasteiger charge is -2.15. The van der Waals surface area contributed by atoms with Gasteiger partial charge < -0.3 is 10.4 Å². The highest BCUT2D eigenvalue weighted by Gasteiger charge is 2.56. The smallest absolute Gasteiger partial charge is 0.308 e. The maximum absolute atomic E-state index is 12.2. The van der Waals surface area contributed by atoms with Gasteiger partial charge in [-0.2, -0.15) is 0 Å². The Morgan fingerprint density at radius 3 is 2.59 bits per heavy atom. The van der Waals surface area contributed by atoms with Gasteiger partial charge in [0.1, 0.15) is 0 Å². The molecule has 0 heterocycles. The predicted molar refractivity (Wildman–Crippen MR) is 83.3 cm³/mol. The zero-order valence-electron chi connectivity index (χ0n) is 12.9. The molecule has 118 valence electrons. The Morgan fingerprint density at radius 1 is 1.27 bits per heavy atom. The summed E-state index contributed by atoms with van der Waals surface area (Å²) in [6.45, 7) is 2.21. The molecule has 3 unspecified atom stereocenters. The van der Waals surface area contributed by atoms with Gasteiger partial charge in [-0.05, 0) is 49.1 Å². The van der Waals surface area contributed by atoms with Crippen molar-refractivity contribution in [2.75, 3.05) is 6.54 Å². The molecule has 2 aliphatic carbocycles. The summed E-state index contributed by atoms with van der Waals surface area (Å²) >= 11 is 0. The van der Waals surface area contributed by atoms with Gasteiger partial charge in [0.2, 0.25) is 5.91 Å². The number of fused-ring (bicyclic) bond motifs is 1. The Labute approximate surface area is 130 Å². The van der Waals surface area contributed by atoms with Crippen molar-refractivity contribution in [3.05, 3.63) is 35.4 Å². The molecular weight excluding hydrogens is 278 g/mol. The molecule has 1 amide bonds. The molecule has 0 aliphatic heterocycles. The molecule has 0 radical (unpaired) electrons. The van der Waals surface area contributed by atoms with Gasteiger partial charge in [-0.15, -0.1) is 0 Å². The fourth-order valence-corrected chi connectivity index (χ4v) is 3.90. The maximum Gasteiger partial charge on any atom is 0.308 e. The van der Waals surface area contributed by atoms with Crippen LogP contribution < -0.4 is 5.32 Å². The van der Waals surface area contributed by atoms with Crippen molar-refractivity contribution in [1.29, 1.82) is 0 Å². The minimum Gasteiger partial charge on any atom is -0.481 e. The first-order valence-electron chi connectivity index (χ1n) is 8.13. The van der Waals surface area contributed by atoms with Crippen LogP contribution in [0.1, 0.15) is 30.4 Å². The first-order valence-corrected chi connectivity index (χ1v) is 8.13. The van der Waals surface area contributed by atoms with E-state index < -0.39 is 11.9 Å². The fraction of sp³-hybridized carbons (Fsp3) is 0.556. The monoisotopic (exact) mass is 301 g/mol. The highest BCUT2D eigenvalue weighted by atomic mass is 16.4. The van der Waals surface area contributed by atoms with Gasteiger partial charge in [0.15, 0.2) is 0 Å². The van der Waals surface area contributed by atoms with Crippen LogP contribution in [-0.4, -0.2) is 23.5 Å². The van der Waals surface area contributed by atoms with Gasteiger partial charge >= 0.3 is 5.97 Å². The van der Waals surface area contributed by atoms with Crippen LogP contribution in [0.3, 0.4) is 0 Å². The molecule has 4 nitrogen and oxygen atoms in total. The fourth-order valence-electron chi connectivity index (χ4n) is 3.90. The minimum absolute atomic E-state index is 0.0609. The van der Waals surface area contributed by atoms with Crippen molar-refractivity contribution in [3.8, 4) is 0 Å². The first-order chi connectivity index (χ1) is 10.6. The minimum atomic E-state index is -0.848. The molecule has 2 fully saturated rings. The average molecular weight is 301 g/mol. The number of aliphatic carboxylic acids is 1. The van der Waals surface area contributed by atoms with Crippen molar-refractivity contribution < 1.29 is 14.7 Å². The van der Waals surface area contributed by atoms with Crippen LogP contribution in [0.15, 0.2) is 24.3 Å². The van der Waals surface area contributed by atoms with Gasteiger partial charge in [-0.1, -0.05) is 30.7 Å². The summed E-state index contributed by atoms with van der Waals surface area (Å²) < 4.78 is 0. The maximum atomic E-state index is 12.2. The third kappa shape index (κ3) is 3.01. The van der Waals surface area contributed by atoms with Crippen LogP contribution in [0.4, 0.5) is 0 Å². The van der Waals surface area contributed by atoms with E-state index in [1.54, 1.807) is 0 Å². The van der Waals surface area contributed by atoms with Crippen LogP contribution in [0.25, 0.3) is 0 Å². The number of hydrogen-bond donors (Lipinski definition) is 2. The molecule has 1 aromatic carbocycles. The Balaban J connectivity index is 1.55. The highest BCUT2D eigenvalue weighted by Crippen LogP contribution is 2.57. The van der Waals surface area contributed by atoms with E-state index in [-0.39, 0.29) is 18.4 Å². The molecule has 0 aromatic heterocycles. The van der Waals surface area contributed by atoms with Crippen LogP contribution in [0.5, 0.6) is 0 Å². The van der Waals surface area contributed by atoms with E-state index in [1.807, 2.05) is 31.2 Å². The lowest BCUT2D eigenvalue weighted by atomic mass is 9.96. The van der Waals surface area contributed by atoms with Crippen LogP contribution in [0.2, 0.25) is 0 Å². The van der Waals surface area contributed by atoms with Crippen molar-refractivity contribution in [1.82, 2.24) is 5.32 Å². The molecule has 3 rings (SSSR count). The SMILES string of the molecule is Cc1ccccc1CC(CNC(=O)C1C2CCCC21)C(=O)O. The summed E-state index contributed by atoms with van der Waals surface area (Å²) in [5, 5.41) is 12.3. The Hall–Kier alpha value is -1.84. The second kappa shape index (κ2) is 6.11. The number of rotatable bonds is 6. The number of amides is 1. The van der Waals surface area contributed by atoms with E-state index in [9.17, 15) is 14.7 Å². The van der Waals surface area contributed by atoms with Crippen molar-refractivity contribution in [3.63, 3.8) is 0 Å². The number of carboxylic acid groups (broad SMARTS) is 1. The summed E-state index contributed by atoms with van der Waals surface area (Å²) in [7, 11) is 0. The molecule has 0 bridgehead atoms. The second-order valence-corrected chi connectivity index (χ2v) is 6.70. The van der Waals surface area contributed by atoms with E-state index >= 15 is 0 Å². The number of nitrogens with one attached hydrogen (secondary N) is 1. The zero-order chi connectivity index (χ0) is 15.7. The van der Waals surface area contributed by atoms with E-state index in [0.717, 1.165) is 24.0 Å². The summed E-state index contributed by atoms with van der Waals surface area (Å²) in [5.41, 5.74) is 2.13. The molecule has 0 spiro atoms. The van der Waals surface area contributed by atoms with Crippen molar-refractivity contribution in [2.24, 2.45) is 23.7 Å². The molecule has 3 atom stereocenters. The first kappa shape index (κ1) is 15.1. The third-order valence-electron chi connectivity index (χ3n) is 5.31. The topological polar surface area (TPSA) is 66.4 Å². The Kier molecular flexibility index (Phi) is 4.19. The van der Waals surface area contributed by atoms with Crippen LogP contribution >= 0.6 is 0 Å². The quantitative estimate of drug-likeness (QED) is 0.848. The van der Waals surface area contributed by atoms with Crippen LogP contribution in [0, 0.1) is 30.6 Å². The zero-order valence-corrected chi connectivity index (χ0v) is 12.9. The predicted octanol–water partition coefficient (Wildman–Crippen LogP) is 2.40. The van der Waals surface area contributed by atoms with E-state index in [1.165, 1.54) is 6.42 Å². The average Bonchev–Trinajstić information content (AvgIpc) is 2.97. The third-order valence-corrected chi connectivity index (χ3v) is 5.31. The summed E-state index contributed by atoms with van der Waals surface area (Å²) in [5.74, 6) is -0.0603. The molecule has 0 saturated heterocycles. The Bertz CT molecular complexity index is 573. The number of benzene rings is 1. The molecule has 2 N–H and O–H groups in total. The molecule has 1 aromatic rings. The van der Waals surface area contributed by atoms with Gasteiger partial charge in [0.25, 0.3) is 0 Å². The summed E-state index contributed by atoms with van der Waals surface area (Å²) in [4.78, 5) is 23.6. The van der Waals surface area contributed by atoms with Crippen molar-refractivity contribution in [2.45, 2.75) is 32.6 Å². The number of carbonyl (C=O) groups excluding carboxylic acids is 1. The summed E-state index contributed by atoms with van der Waals surface area (Å²) in [6.07, 6.45) is 4.02. The molecular formula is C18H23NO3. The molecule has 22 heavy (non-hydrogen) atoms. The molecule has 2 aliphatic rings. The number of hydrogen-bond acceptors (Lipinski definition) is 2. The van der Waals surface area contributed by atoms with Crippen molar-refractivity contribution >= 4 is 11.9 Å². The van der Waals surface area contributed by atoms with E-state index in [0.29, 0.717) is 18.3 Å². The van der Waals surface area contributed by atoms with E-state index in [4.69, 9.17) is 0 Å². The number of carboxylic acids is 1. The Morgan fingerprint density at radius 2 is 1.95 bits per heavy atom. The lowest BCUT2D eigenvalue weighted by molar-refractivity contribution is -0.141. The number of carbonyl (C=O) groups is 2. The second-order valence-electron chi connectivity index (χ2n) is 6.70. The standard InChI is InChI=1S/C18H23NO3/c1-11-5-2-3-6-12(11)9-13(18(21)22)10-19-17(20)16-14-7-4-8-15(14)16/h2-3,5-6,13-16H,4,7-10H2,1H3,(H,19,20)(H,21,22). The van der Waals surface area contributed by atoms with Gasteiger partial charge in [-0.25, -0.2) is 0 Å².